The maximum atomic E-state index is 12.9. The highest BCUT2D eigenvalue weighted by Crippen LogP contribution is 2.20. The Kier molecular flexibility index (Phi) is 6.36. The highest BCUT2D eigenvalue weighted by Gasteiger charge is 2.08. The molecule has 136 valence electrons. The number of benzene rings is 1. The molecule has 1 heterocycles. The van der Waals surface area contributed by atoms with Crippen molar-refractivity contribution in [1.29, 1.82) is 0 Å². The molecule has 3 rings (SSSR count). The Hall–Kier alpha value is -2.69. The average molecular weight is 353 g/mol. The number of pyridine rings is 1. The van der Waals surface area contributed by atoms with Crippen molar-refractivity contribution in [2.75, 3.05) is 11.9 Å². The second kappa shape index (κ2) is 9.13. The van der Waals surface area contributed by atoms with Gasteiger partial charge < -0.3 is 10.6 Å². The van der Waals surface area contributed by atoms with Crippen molar-refractivity contribution in [2.24, 2.45) is 0 Å². The first-order valence-electron chi connectivity index (χ1n) is 9.11. The van der Waals surface area contributed by atoms with E-state index in [1.165, 1.54) is 43.4 Å². The van der Waals surface area contributed by atoms with Crippen LogP contribution in [0.3, 0.4) is 0 Å². The summed E-state index contributed by atoms with van der Waals surface area (Å²) in [5, 5.41) is 6.17. The molecule has 0 saturated heterocycles. The molecular formula is C21H24FN3O. The van der Waals surface area contributed by atoms with Crippen molar-refractivity contribution in [3.05, 3.63) is 71.3 Å². The monoisotopic (exact) mass is 353 g/mol. The van der Waals surface area contributed by atoms with Gasteiger partial charge in [-0.05, 0) is 61.9 Å². The fourth-order valence-corrected chi connectivity index (χ4v) is 3.04. The summed E-state index contributed by atoms with van der Waals surface area (Å²) in [6, 6.07) is 9.70. The van der Waals surface area contributed by atoms with Gasteiger partial charge in [0.25, 0.3) is 5.91 Å². The number of nitrogens with one attached hydrogen (secondary N) is 2. The van der Waals surface area contributed by atoms with E-state index in [2.05, 4.69) is 21.7 Å². The third kappa shape index (κ3) is 5.41. The number of halogens is 1. The van der Waals surface area contributed by atoms with Crippen molar-refractivity contribution in [1.82, 2.24) is 10.3 Å². The molecule has 0 bridgehead atoms. The van der Waals surface area contributed by atoms with Crippen LogP contribution in [0.25, 0.3) is 0 Å². The third-order valence-electron chi connectivity index (χ3n) is 4.52. The molecule has 0 fully saturated rings. The Balaban J connectivity index is 1.50. The van der Waals surface area contributed by atoms with Crippen molar-refractivity contribution in [3.63, 3.8) is 0 Å². The molecule has 2 aromatic rings. The number of amides is 1. The molecule has 1 aliphatic carbocycles. The second-order valence-electron chi connectivity index (χ2n) is 6.52. The van der Waals surface area contributed by atoms with Gasteiger partial charge in [-0.15, -0.1) is 0 Å². The molecule has 4 nitrogen and oxygen atoms in total. The lowest BCUT2D eigenvalue weighted by Gasteiger charge is -2.13. The minimum Gasteiger partial charge on any atom is -0.385 e. The van der Waals surface area contributed by atoms with Crippen molar-refractivity contribution in [2.45, 2.75) is 38.6 Å². The molecule has 2 N–H and O–H groups in total. The van der Waals surface area contributed by atoms with Crippen molar-refractivity contribution < 1.29 is 9.18 Å². The molecule has 1 amide bonds. The average Bonchev–Trinajstić information content (AvgIpc) is 2.68. The largest absolute Gasteiger partial charge is 0.385 e. The summed E-state index contributed by atoms with van der Waals surface area (Å²) in [7, 11) is 0. The van der Waals surface area contributed by atoms with E-state index in [0.29, 0.717) is 12.2 Å². The number of hydrogen-bond donors (Lipinski definition) is 2. The van der Waals surface area contributed by atoms with Gasteiger partial charge in [0.1, 0.15) is 11.5 Å². The van der Waals surface area contributed by atoms with Gasteiger partial charge in [-0.3, -0.25) is 9.78 Å². The van der Waals surface area contributed by atoms with Crippen molar-refractivity contribution >= 4 is 11.6 Å². The first-order valence-corrected chi connectivity index (χ1v) is 9.11. The predicted octanol–water partition coefficient (Wildman–Crippen LogP) is 4.45. The molecular weight excluding hydrogens is 329 g/mol. The maximum absolute atomic E-state index is 12.9. The van der Waals surface area contributed by atoms with Crippen LogP contribution in [-0.4, -0.2) is 17.4 Å². The molecule has 1 aromatic carbocycles. The van der Waals surface area contributed by atoms with Gasteiger partial charge in [0.2, 0.25) is 0 Å². The highest BCUT2D eigenvalue weighted by atomic mass is 19.1. The lowest BCUT2D eigenvalue weighted by molar-refractivity contribution is 0.0946. The van der Waals surface area contributed by atoms with E-state index >= 15 is 0 Å². The lowest BCUT2D eigenvalue weighted by atomic mass is 9.97. The topological polar surface area (TPSA) is 54.0 Å². The summed E-state index contributed by atoms with van der Waals surface area (Å²) < 4.78 is 12.9. The van der Waals surface area contributed by atoms with Crippen LogP contribution in [0, 0.1) is 5.82 Å². The van der Waals surface area contributed by atoms with Crippen LogP contribution in [0.2, 0.25) is 0 Å². The normalized spacial score (nSPS) is 13.8. The van der Waals surface area contributed by atoms with E-state index < -0.39 is 0 Å². The molecule has 0 spiro atoms. The fourth-order valence-electron chi connectivity index (χ4n) is 3.04. The molecule has 5 heteroatoms. The van der Waals surface area contributed by atoms with Crippen LogP contribution >= 0.6 is 0 Å². The Morgan fingerprint density at radius 2 is 2.00 bits per heavy atom. The summed E-state index contributed by atoms with van der Waals surface area (Å²) in [6.45, 7) is 1.19. The number of hydrogen-bond acceptors (Lipinski definition) is 3. The fraction of sp³-hybridized carbons (Fsp3) is 0.333. The van der Waals surface area contributed by atoms with E-state index in [-0.39, 0.29) is 11.7 Å². The zero-order valence-electron chi connectivity index (χ0n) is 14.8. The summed E-state index contributed by atoms with van der Waals surface area (Å²) in [5.74, 6) is -0.530. The highest BCUT2D eigenvalue weighted by molar-refractivity contribution is 5.93. The van der Waals surface area contributed by atoms with Gasteiger partial charge in [-0.25, -0.2) is 4.39 Å². The summed E-state index contributed by atoms with van der Waals surface area (Å²) in [6.07, 6.45) is 10.0. The number of aromatic nitrogens is 1. The predicted molar refractivity (Wildman–Crippen MR) is 101 cm³/mol. The quantitative estimate of drug-likeness (QED) is 0.723. The van der Waals surface area contributed by atoms with Crippen molar-refractivity contribution in [3.8, 4) is 0 Å². The summed E-state index contributed by atoms with van der Waals surface area (Å²) >= 11 is 0. The van der Waals surface area contributed by atoms with Gasteiger partial charge in [0.05, 0.1) is 0 Å². The minimum atomic E-state index is -0.287. The van der Waals surface area contributed by atoms with E-state index in [4.69, 9.17) is 0 Å². The first-order chi connectivity index (χ1) is 12.7. The molecule has 26 heavy (non-hydrogen) atoms. The number of anilines is 1. The summed E-state index contributed by atoms with van der Waals surface area (Å²) in [5.41, 5.74) is 3.63. The lowest BCUT2D eigenvalue weighted by Crippen LogP contribution is -2.23. The first kappa shape index (κ1) is 18.1. The van der Waals surface area contributed by atoms with E-state index in [9.17, 15) is 9.18 Å². The van der Waals surface area contributed by atoms with E-state index in [1.807, 2.05) is 6.07 Å². The molecule has 0 atom stereocenters. The number of allylic oxidation sites excluding steroid dienone is 1. The number of rotatable bonds is 7. The molecule has 0 aliphatic heterocycles. The number of carbonyl (C=O) groups excluding carboxylic acids is 1. The Morgan fingerprint density at radius 1 is 1.15 bits per heavy atom. The molecule has 1 aliphatic rings. The van der Waals surface area contributed by atoms with Gasteiger partial charge in [0.15, 0.2) is 0 Å². The Bertz CT molecular complexity index is 771. The van der Waals surface area contributed by atoms with Crippen LogP contribution in [0.4, 0.5) is 10.1 Å². The molecule has 0 unspecified atom stereocenters. The SMILES string of the molecule is O=C(NCc1ccc(F)cc1)c1cc(NCCC2=CCCCC2)ccn1. The Labute approximate surface area is 153 Å². The van der Waals surface area contributed by atoms with Crippen LogP contribution < -0.4 is 10.6 Å². The second-order valence-corrected chi connectivity index (χ2v) is 6.52. The van der Waals surface area contributed by atoms with Crippen LogP contribution in [0.5, 0.6) is 0 Å². The van der Waals surface area contributed by atoms with Crippen LogP contribution in [0.15, 0.2) is 54.2 Å². The zero-order chi connectivity index (χ0) is 18.2. The Morgan fingerprint density at radius 3 is 2.77 bits per heavy atom. The smallest absolute Gasteiger partial charge is 0.270 e. The minimum absolute atomic E-state index is 0.243. The molecule has 0 radical (unpaired) electrons. The van der Waals surface area contributed by atoms with E-state index in [1.54, 1.807) is 24.4 Å². The van der Waals surface area contributed by atoms with Crippen LogP contribution in [0.1, 0.15) is 48.2 Å². The van der Waals surface area contributed by atoms with Gasteiger partial charge in [0, 0.05) is 25.0 Å². The third-order valence-corrected chi connectivity index (χ3v) is 4.52. The standard InChI is InChI=1S/C21H24FN3O/c22-18-8-6-17(7-9-18)15-25-21(26)20-14-19(11-13-24-20)23-12-10-16-4-2-1-3-5-16/h4,6-9,11,13-14H,1-3,5,10,12,15H2,(H,23,24)(H,25,26). The zero-order valence-corrected chi connectivity index (χ0v) is 14.8. The maximum Gasteiger partial charge on any atom is 0.270 e. The van der Waals surface area contributed by atoms with Gasteiger partial charge >= 0.3 is 0 Å². The summed E-state index contributed by atoms with van der Waals surface area (Å²) in [4.78, 5) is 16.4. The van der Waals surface area contributed by atoms with E-state index in [0.717, 1.165) is 24.2 Å². The van der Waals surface area contributed by atoms with Gasteiger partial charge in [-0.1, -0.05) is 23.8 Å². The van der Waals surface area contributed by atoms with Gasteiger partial charge in [-0.2, -0.15) is 0 Å². The number of nitrogens with zero attached hydrogens (tertiary/aromatic N) is 1. The van der Waals surface area contributed by atoms with Crippen LogP contribution in [-0.2, 0) is 6.54 Å². The molecule has 0 saturated carbocycles. The number of carbonyl (C=O) groups is 1. The molecule has 1 aromatic heterocycles.